The number of hydrogen-bond acceptors (Lipinski definition) is 3. The van der Waals surface area contributed by atoms with Crippen molar-refractivity contribution in [1.82, 2.24) is 10.2 Å². The highest BCUT2D eigenvalue weighted by Gasteiger charge is 2.29. The molecule has 0 amide bonds. The molecule has 1 aliphatic rings. The van der Waals surface area contributed by atoms with Crippen molar-refractivity contribution in [1.29, 1.82) is 0 Å². The third-order valence-corrected chi connectivity index (χ3v) is 4.75. The SMILES string of the molecule is CCCC1CN(Cc2cccs2)C(C(C)C)CN1. The van der Waals surface area contributed by atoms with Crippen molar-refractivity contribution in [3.05, 3.63) is 22.4 Å². The lowest BCUT2D eigenvalue weighted by molar-refractivity contribution is 0.0895. The van der Waals surface area contributed by atoms with Crippen LogP contribution in [0.25, 0.3) is 0 Å². The molecule has 102 valence electrons. The fourth-order valence-electron chi connectivity index (χ4n) is 2.88. The molecule has 0 aromatic carbocycles. The van der Waals surface area contributed by atoms with Crippen molar-refractivity contribution in [2.75, 3.05) is 13.1 Å². The maximum absolute atomic E-state index is 3.72. The molecule has 18 heavy (non-hydrogen) atoms. The highest BCUT2D eigenvalue weighted by atomic mass is 32.1. The molecule has 2 atom stereocenters. The monoisotopic (exact) mass is 266 g/mol. The van der Waals surface area contributed by atoms with Gasteiger partial charge in [0.2, 0.25) is 0 Å². The summed E-state index contributed by atoms with van der Waals surface area (Å²) in [5, 5.41) is 5.91. The predicted octanol–water partition coefficient (Wildman–Crippen LogP) is 3.35. The smallest absolute Gasteiger partial charge is 0.0332 e. The molecular formula is C15H26N2S. The number of hydrogen-bond donors (Lipinski definition) is 1. The van der Waals surface area contributed by atoms with E-state index in [1.54, 1.807) is 0 Å². The van der Waals surface area contributed by atoms with Gasteiger partial charge in [-0.1, -0.05) is 33.3 Å². The van der Waals surface area contributed by atoms with E-state index in [2.05, 4.69) is 48.5 Å². The molecule has 2 heterocycles. The summed E-state index contributed by atoms with van der Waals surface area (Å²) in [6.07, 6.45) is 2.57. The number of nitrogens with zero attached hydrogens (tertiary/aromatic N) is 1. The van der Waals surface area contributed by atoms with Crippen LogP contribution in [-0.4, -0.2) is 30.1 Å². The highest BCUT2D eigenvalue weighted by Crippen LogP contribution is 2.21. The van der Waals surface area contributed by atoms with E-state index in [4.69, 9.17) is 0 Å². The topological polar surface area (TPSA) is 15.3 Å². The lowest BCUT2D eigenvalue weighted by Crippen LogP contribution is -2.57. The van der Waals surface area contributed by atoms with Gasteiger partial charge < -0.3 is 5.32 Å². The second-order valence-electron chi connectivity index (χ2n) is 5.71. The van der Waals surface area contributed by atoms with Gasteiger partial charge in [-0.2, -0.15) is 0 Å². The zero-order valence-electron chi connectivity index (χ0n) is 11.9. The molecule has 0 bridgehead atoms. The average molecular weight is 266 g/mol. The first kappa shape index (κ1) is 14.0. The lowest BCUT2D eigenvalue weighted by Gasteiger charge is -2.42. The Kier molecular flexibility index (Phi) is 5.22. The summed E-state index contributed by atoms with van der Waals surface area (Å²) < 4.78 is 0. The van der Waals surface area contributed by atoms with Crippen molar-refractivity contribution < 1.29 is 0 Å². The maximum atomic E-state index is 3.72. The van der Waals surface area contributed by atoms with Crippen LogP contribution in [0.15, 0.2) is 17.5 Å². The minimum atomic E-state index is 0.681. The molecular weight excluding hydrogens is 240 g/mol. The first-order valence-corrected chi connectivity index (χ1v) is 8.08. The van der Waals surface area contributed by atoms with Gasteiger partial charge in [-0.25, -0.2) is 0 Å². The van der Waals surface area contributed by atoms with Gasteiger partial charge in [0.25, 0.3) is 0 Å². The fourth-order valence-corrected chi connectivity index (χ4v) is 3.61. The third-order valence-electron chi connectivity index (χ3n) is 3.89. The lowest BCUT2D eigenvalue weighted by atomic mass is 9.97. The van der Waals surface area contributed by atoms with Gasteiger partial charge in [-0.15, -0.1) is 11.3 Å². The zero-order valence-corrected chi connectivity index (χ0v) is 12.7. The predicted molar refractivity (Wildman–Crippen MR) is 80.1 cm³/mol. The average Bonchev–Trinajstić information content (AvgIpc) is 2.82. The first-order valence-electron chi connectivity index (χ1n) is 7.20. The van der Waals surface area contributed by atoms with Gasteiger partial charge in [0.15, 0.2) is 0 Å². The summed E-state index contributed by atoms with van der Waals surface area (Å²) in [4.78, 5) is 4.19. The van der Waals surface area contributed by atoms with E-state index in [0.29, 0.717) is 12.1 Å². The summed E-state index contributed by atoms with van der Waals surface area (Å²) in [6, 6.07) is 5.79. The van der Waals surface area contributed by atoms with Crippen LogP contribution in [0, 0.1) is 5.92 Å². The molecule has 0 radical (unpaired) electrons. The Morgan fingerprint density at radius 3 is 2.94 bits per heavy atom. The Balaban J connectivity index is 2.00. The van der Waals surface area contributed by atoms with Crippen LogP contribution >= 0.6 is 11.3 Å². The minimum absolute atomic E-state index is 0.681. The Bertz CT molecular complexity index is 334. The van der Waals surface area contributed by atoms with Gasteiger partial charge in [-0.3, -0.25) is 4.90 Å². The highest BCUT2D eigenvalue weighted by molar-refractivity contribution is 7.09. The number of nitrogens with one attached hydrogen (secondary N) is 1. The Labute approximate surface area is 115 Å². The van der Waals surface area contributed by atoms with Crippen molar-refractivity contribution >= 4 is 11.3 Å². The number of piperazine rings is 1. The molecule has 0 aliphatic carbocycles. The molecule has 1 aromatic heterocycles. The van der Waals surface area contributed by atoms with Crippen LogP contribution in [0.2, 0.25) is 0 Å². The van der Waals surface area contributed by atoms with Gasteiger partial charge in [0.1, 0.15) is 0 Å². The second kappa shape index (κ2) is 6.69. The minimum Gasteiger partial charge on any atom is -0.311 e. The quantitative estimate of drug-likeness (QED) is 0.879. The summed E-state index contributed by atoms with van der Waals surface area (Å²) in [6.45, 7) is 10.4. The van der Waals surface area contributed by atoms with Crippen LogP contribution < -0.4 is 5.32 Å². The van der Waals surface area contributed by atoms with Crippen molar-refractivity contribution in [2.24, 2.45) is 5.92 Å². The summed E-state index contributed by atoms with van der Waals surface area (Å²) in [5.41, 5.74) is 0. The van der Waals surface area contributed by atoms with Crippen molar-refractivity contribution in [3.63, 3.8) is 0 Å². The normalized spacial score (nSPS) is 25.8. The molecule has 3 heteroatoms. The van der Waals surface area contributed by atoms with E-state index < -0.39 is 0 Å². The van der Waals surface area contributed by atoms with Crippen molar-refractivity contribution in [3.8, 4) is 0 Å². The standard InChI is InChI=1S/C15H26N2S/c1-4-6-13-10-17(11-14-7-5-8-18-14)15(9-16-13)12(2)3/h5,7-8,12-13,15-16H,4,6,9-11H2,1-3H3. The van der Waals surface area contributed by atoms with E-state index in [1.807, 2.05) is 11.3 Å². The summed E-state index contributed by atoms with van der Waals surface area (Å²) in [5.74, 6) is 0.722. The molecule has 2 unspecified atom stereocenters. The molecule has 2 nitrogen and oxygen atoms in total. The van der Waals surface area contributed by atoms with E-state index >= 15 is 0 Å². The van der Waals surface area contributed by atoms with Crippen LogP contribution in [0.1, 0.15) is 38.5 Å². The van der Waals surface area contributed by atoms with E-state index in [9.17, 15) is 0 Å². The molecule has 2 rings (SSSR count). The van der Waals surface area contributed by atoms with E-state index in [0.717, 1.165) is 19.0 Å². The van der Waals surface area contributed by atoms with Crippen LogP contribution in [0.5, 0.6) is 0 Å². The molecule has 1 N–H and O–H groups in total. The van der Waals surface area contributed by atoms with Gasteiger partial charge in [-0.05, 0) is 23.8 Å². The molecule has 1 aromatic rings. The van der Waals surface area contributed by atoms with Crippen LogP contribution in [0.4, 0.5) is 0 Å². The van der Waals surface area contributed by atoms with E-state index in [-0.39, 0.29) is 0 Å². The molecule has 1 fully saturated rings. The fraction of sp³-hybridized carbons (Fsp3) is 0.733. The largest absolute Gasteiger partial charge is 0.311 e. The van der Waals surface area contributed by atoms with E-state index in [1.165, 1.54) is 24.3 Å². The Hall–Kier alpha value is -0.380. The maximum Gasteiger partial charge on any atom is 0.0332 e. The van der Waals surface area contributed by atoms with Crippen LogP contribution in [-0.2, 0) is 6.54 Å². The van der Waals surface area contributed by atoms with Gasteiger partial charge >= 0.3 is 0 Å². The first-order chi connectivity index (χ1) is 8.70. The molecule has 1 saturated heterocycles. The number of rotatable bonds is 5. The van der Waals surface area contributed by atoms with Crippen molar-refractivity contribution in [2.45, 2.75) is 52.2 Å². The van der Waals surface area contributed by atoms with Gasteiger partial charge in [0.05, 0.1) is 0 Å². The Morgan fingerprint density at radius 1 is 1.50 bits per heavy atom. The summed E-state index contributed by atoms with van der Waals surface area (Å²) in [7, 11) is 0. The second-order valence-corrected chi connectivity index (χ2v) is 6.75. The zero-order chi connectivity index (χ0) is 13.0. The molecule has 1 aliphatic heterocycles. The van der Waals surface area contributed by atoms with Gasteiger partial charge in [0, 0.05) is 36.6 Å². The summed E-state index contributed by atoms with van der Waals surface area (Å²) >= 11 is 1.88. The Morgan fingerprint density at radius 2 is 2.33 bits per heavy atom. The third kappa shape index (κ3) is 3.56. The molecule has 0 saturated carbocycles. The van der Waals surface area contributed by atoms with Crippen LogP contribution in [0.3, 0.4) is 0 Å². The molecule has 0 spiro atoms. The number of thiophene rings is 1.